The van der Waals surface area contributed by atoms with Crippen molar-refractivity contribution in [2.24, 2.45) is 0 Å². The van der Waals surface area contributed by atoms with Crippen molar-refractivity contribution < 1.29 is 9.59 Å². The van der Waals surface area contributed by atoms with Gasteiger partial charge < -0.3 is 5.32 Å². The number of hydrogen-bond donors (Lipinski definition) is 1. The van der Waals surface area contributed by atoms with Crippen LogP contribution in [0.5, 0.6) is 0 Å². The molecular weight excluding hydrogens is 130 g/mol. The predicted molar refractivity (Wildman–Crippen MR) is 35.6 cm³/mol. The maximum atomic E-state index is 10.1. The van der Waals surface area contributed by atoms with Crippen LogP contribution < -0.4 is 5.32 Å². The summed E-state index contributed by atoms with van der Waals surface area (Å²) < 4.78 is 0. The molecule has 0 atom stereocenters. The van der Waals surface area contributed by atoms with Crippen LogP contribution in [0.2, 0.25) is 0 Å². The first-order valence-electron chi connectivity index (χ1n) is 3.12. The number of rotatable bonds is 0. The van der Waals surface area contributed by atoms with Gasteiger partial charge in [-0.05, 0) is 12.8 Å². The van der Waals surface area contributed by atoms with Gasteiger partial charge in [0, 0.05) is 6.54 Å². The number of nitrogens with one attached hydrogen (secondary N) is 1. The van der Waals surface area contributed by atoms with E-state index < -0.39 is 0 Å². The van der Waals surface area contributed by atoms with E-state index in [1.165, 1.54) is 0 Å². The lowest BCUT2D eigenvalue weighted by Crippen LogP contribution is -2.22. The van der Waals surface area contributed by atoms with Crippen LogP contribution >= 0.6 is 0 Å². The van der Waals surface area contributed by atoms with Gasteiger partial charge in [0.25, 0.3) is 0 Å². The van der Waals surface area contributed by atoms with E-state index >= 15 is 0 Å². The second kappa shape index (κ2) is 3.02. The van der Waals surface area contributed by atoms with Crippen LogP contribution in [0.15, 0.2) is 11.3 Å². The Morgan fingerprint density at radius 1 is 1.30 bits per heavy atom. The van der Waals surface area contributed by atoms with Gasteiger partial charge in [0.1, 0.15) is 11.6 Å². The van der Waals surface area contributed by atoms with Gasteiger partial charge in [-0.25, -0.2) is 9.59 Å². The first-order chi connectivity index (χ1) is 4.88. The largest absolute Gasteiger partial charge is 0.375 e. The van der Waals surface area contributed by atoms with Crippen molar-refractivity contribution in [1.82, 2.24) is 5.32 Å². The van der Waals surface area contributed by atoms with Gasteiger partial charge in [-0.2, -0.15) is 0 Å². The second-order valence-corrected chi connectivity index (χ2v) is 2.09. The molecule has 0 aromatic carbocycles. The molecule has 3 heteroatoms. The zero-order chi connectivity index (χ0) is 7.40. The minimum atomic E-state index is 0.279. The third-order valence-corrected chi connectivity index (χ3v) is 1.43. The molecule has 1 aliphatic rings. The lowest BCUT2D eigenvalue weighted by molar-refractivity contribution is 0.554. The zero-order valence-electron chi connectivity index (χ0n) is 5.44. The lowest BCUT2D eigenvalue weighted by atomic mass is 10.1. The summed E-state index contributed by atoms with van der Waals surface area (Å²) >= 11 is 0. The summed E-state index contributed by atoms with van der Waals surface area (Å²) in [6.07, 6.45) is 1.52. The summed E-state index contributed by atoms with van der Waals surface area (Å²) in [5, 5.41) is 2.76. The van der Waals surface area contributed by atoms with Gasteiger partial charge in [-0.1, -0.05) is 0 Å². The Hall–Kier alpha value is -1.30. The van der Waals surface area contributed by atoms with Crippen LogP contribution in [0, 0.1) is 0 Å². The van der Waals surface area contributed by atoms with Gasteiger partial charge in [0.05, 0.1) is 5.57 Å². The van der Waals surface area contributed by atoms with Crippen LogP contribution in [0.1, 0.15) is 12.8 Å². The zero-order valence-corrected chi connectivity index (χ0v) is 5.44. The molecule has 0 aliphatic carbocycles. The summed E-state index contributed by atoms with van der Waals surface area (Å²) in [4.78, 5) is 20.2. The molecule has 0 amide bonds. The molecule has 0 saturated carbocycles. The molecule has 0 bridgehead atoms. The quantitative estimate of drug-likeness (QED) is 0.472. The standard InChI is InChI=1S/C7H7NO2/c9-4-6-2-1-3-8-7(6)5-10/h8H,1-3H2. The van der Waals surface area contributed by atoms with Crippen LogP contribution in [0.25, 0.3) is 0 Å². The maximum Gasteiger partial charge on any atom is 0.151 e. The minimum absolute atomic E-state index is 0.279. The average Bonchev–Trinajstić information content (AvgIpc) is 2.04. The van der Waals surface area contributed by atoms with Gasteiger partial charge >= 0.3 is 0 Å². The molecule has 1 saturated heterocycles. The van der Waals surface area contributed by atoms with Gasteiger partial charge in [0.15, 0.2) is 5.94 Å². The van der Waals surface area contributed by atoms with Crippen LogP contribution in [0.3, 0.4) is 0 Å². The van der Waals surface area contributed by atoms with Crippen molar-refractivity contribution in [3.8, 4) is 0 Å². The molecule has 52 valence electrons. The van der Waals surface area contributed by atoms with Crippen molar-refractivity contribution in [1.29, 1.82) is 0 Å². The van der Waals surface area contributed by atoms with Crippen LogP contribution in [-0.2, 0) is 9.59 Å². The van der Waals surface area contributed by atoms with Gasteiger partial charge in [-0.3, -0.25) is 0 Å². The van der Waals surface area contributed by atoms with Crippen molar-refractivity contribution in [3.05, 3.63) is 11.3 Å². The molecule has 1 aliphatic heterocycles. The molecule has 3 nitrogen and oxygen atoms in total. The molecule has 0 aromatic heterocycles. The molecule has 0 unspecified atom stereocenters. The molecule has 0 radical (unpaired) electrons. The Bertz CT molecular complexity index is 206. The second-order valence-electron chi connectivity index (χ2n) is 2.09. The van der Waals surface area contributed by atoms with E-state index in [9.17, 15) is 9.59 Å². The topological polar surface area (TPSA) is 46.2 Å². The van der Waals surface area contributed by atoms with Crippen molar-refractivity contribution in [3.63, 3.8) is 0 Å². The Balaban J connectivity index is 2.89. The van der Waals surface area contributed by atoms with Gasteiger partial charge in [0.2, 0.25) is 0 Å². The monoisotopic (exact) mass is 137 g/mol. The van der Waals surface area contributed by atoms with E-state index in [1.54, 1.807) is 11.9 Å². The first-order valence-corrected chi connectivity index (χ1v) is 3.12. The molecule has 0 spiro atoms. The summed E-state index contributed by atoms with van der Waals surface area (Å²) in [6.45, 7) is 0.746. The normalized spacial score (nSPS) is 17.2. The highest BCUT2D eigenvalue weighted by atomic mass is 16.1. The molecule has 1 N–H and O–H groups in total. The molecular formula is C7H7NO2. The number of hydrogen-bond acceptors (Lipinski definition) is 3. The van der Waals surface area contributed by atoms with E-state index in [2.05, 4.69) is 5.32 Å². The van der Waals surface area contributed by atoms with E-state index in [-0.39, 0.29) is 5.70 Å². The Labute approximate surface area is 58.4 Å². The molecule has 1 rings (SSSR count). The van der Waals surface area contributed by atoms with Crippen molar-refractivity contribution >= 4 is 11.9 Å². The first kappa shape index (κ1) is 6.81. The highest BCUT2D eigenvalue weighted by Gasteiger charge is 2.11. The summed E-state index contributed by atoms with van der Waals surface area (Å²) in [6, 6.07) is 0. The van der Waals surface area contributed by atoms with Crippen LogP contribution in [0.4, 0.5) is 0 Å². The molecule has 1 fully saturated rings. The van der Waals surface area contributed by atoms with E-state index in [1.807, 2.05) is 0 Å². The van der Waals surface area contributed by atoms with Crippen molar-refractivity contribution in [2.75, 3.05) is 6.54 Å². The van der Waals surface area contributed by atoms with Crippen LogP contribution in [-0.4, -0.2) is 18.4 Å². The smallest absolute Gasteiger partial charge is 0.151 e. The predicted octanol–water partition coefficient (Wildman–Crippen LogP) is -0.157. The molecule has 0 aromatic rings. The Kier molecular flexibility index (Phi) is 2.06. The molecule has 10 heavy (non-hydrogen) atoms. The Morgan fingerprint density at radius 2 is 2.10 bits per heavy atom. The molecule has 1 heterocycles. The SMILES string of the molecule is O=C=C1CCCNC1=C=O. The lowest BCUT2D eigenvalue weighted by Gasteiger charge is -2.13. The number of allylic oxidation sites excluding steroid dienone is 1. The van der Waals surface area contributed by atoms with E-state index in [0.717, 1.165) is 13.0 Å². The third kappa shape index (κ3) is 1.16. The summed E-state index contributed by atoms with van der Waals surface area (Å²) in [5.41, 5.74) is 0.697. The number of carbonyl (C=O) groups excluding carboxylic acids is 2. The highest BCUT2D eigenvalue weighted by molar-refractivity contribution is 5.71. The van der Waals surface area contributed by atoms with Crippen molar-refractivity contribution in [2.45, 2.75) is 12.8 Å². The third-order valence-electron chi connectivity index (χ3n) is 1.43. The fourth-order valence-electron chi connectivity index (χ4n) is 0.910. The summed E-state index contributed by atoms with van der Waals surface area (Å²) in [7, 11) is 0. The van der Waals surface area contributed by atoms with E-state index in [0.29, 0.717) is 12.0 Å². The van der Waals surface area contributed by atoms with Gasteiger partial charge in [-0.15, -0.1) is 0 Å². The maximum absolute atomic E-state index is 10.1. The number of piperidine rings is 1. The minimum Gasteiger partial charge on any atom is -0.375 e. The van der Waals surface area contributed by atoms with E-state index in [4.69, 9.17) is 0 Å². The highest BCUT2D eigenvalue weighted by Crippen LogP contribution is 2.12. The average molecular weight is 137 g/mol. The Morgan fingerprint density at radius 3 is 2.60 bits per heavy atom. The summed E-state index contributed by atoms with van der Waals surface area (Å²) in [5.74, 6) is 3.37. The fourth-order valence-corrected chi connectivity index (χ4v) is 0.910. The fraction of sp³-hybridized carbons (Fsp3) is 0.429.